The second-order valence-electron chi connectivity index (χ2n) is 7.00. The highest BCUT2D eigenvalue weighted by Crippen LogP contribution is 2.68. The lowest BCUT2D eigenvalue weighted by molar-refractivity contribution is -0.0769. The van der Waals surface area contributed by atoms with Crippen LogP contribution >= 0.6 is 11.6 Å². The molecule has 0 amide bonds. The molecule has 4 aliphatic rings. The Bertz CT molecular complexity index is 836. The van der Waals surface area contributed by atoms with E-state index in [9.17, 15) is 9.18 Å². The number of fused-ring (bicyclic) bond motifs is 1. The van der Waals surface area contributed by atoms with Crippen LogP contribution in [-0.4, -0.2) is 19.2 Å². The largest absolute Gasteiger partial charge is 0.347 e. The molecule has 114 valence electrons. The van der Waals surface area contributed by atoms with Crippen LogP contribution in [0, 0.1) is 5.82 Å². The molecule has 0 saturated heterocycles. The molecule has 1 aliphatic heterocycles. The van der Waals surface area contributed by atoms with Gasteiger partial charge in [-0.3, -0.25) is 4.57 Å². The van der Waals surface area contributed by atoms with Crippen molar-refractivity contribution in [2.24, 2.45) is 0 Å². The molecule has 1 aromatic carbocycles. The number of aryl methyl sites for hydroxylation is 1. The van der Waals surface area contributed by atoms with Crippen molar-refractivity contribution in [1.82, 2.24) is 14.3 Å². The van der Waals surface area contributed by atoms with Crippen LogP contribution in [0.4, 0.5) is 4.39 Å². The van der Waals surface area contributed by atoms with E-state index in [-0.39, 0.29) is 28.0 Å². The number of halogens is 2. The van der Waals surface area contributed by atoms with Crippen LogP contribution in [0.25, 0.3) is 0 Å². The zero-order chi connectivity index (χ0) is 15.1. The fourth-order valence-electron chi connectivity index (χ4n) is 4.47. The van der Waals surface area contributed by atoms with Gasteiger partial charge in [0.1, 0.15) is 11.6 Å². The minimum atomic E-state index is -0.269. The summed E-state index contributed by atoms with van der Waals surface area (Å²) < 4.78 is 16.9. The molecule has 3 fully saturated rings. The number of hydrogen-bond acceptors (Lipinski definition) is 2. The molecule has 0 N–H and O–H groups in total. The van der Waals surface area contributed by atoms with Crippen molar-refractivity contribution in [3.63, 3.8) is 0 Å². The van der Waals surface area contributed by atoms with Crippen molar-refractivity contribution in [3.05, 3.63) is 52.0 Å². The van der Waals surface area contributed by atoms with E-state index in [1.807, 2.05) is 6.07 Å². The van der Waals surface area contributed by atoms with Crippen molar-refractivity contribution in [2.75, 3.05) is 0 Å². The quantitative estimate of drug-likeness (QED) is 0.798. The Morgan fingerprint density at radius 3 is 2.77 bits per heavy atom. The number of hydrogen-bond donors (Lipinski definition) is 0. The van der Waals surface area contributed by atoms with Crippen LogP contribution in [0.15, 0.2) is 29.1 Å². The third-order valence-electron chi connectivity index (χ3n) is 5.45. The molecule has 6 rings (SSSR count). The molecule has 22 heavy (non-hydrogen) atoms. The summed E-state index contributed by atoms with van der Waals surface area (Å²) in [6.07, 6.45) is 4.06. The van der Waals surface area contributed by atoms with E-state index in [0.717, 1.165) is 43.5 Å². The van der Waals surface area contributed by atoms with E-state index in [4.69, 9.17) is 11.6 Å². The first-order valence-corrected chi connectivity index (χ1v) is 8.03. The average molecular weight is 320 g/mol. The zero-order valence-electron chi connectivity index (χ0n) is 11.9. The molecule has 3 aliphatic carbocycles. The van der Waals surface area contributed by atoms with Gasteiger partial charge in [-0.15, -0.1) is 11.6 Å². The molecule has 1 aromatic heterocycles. The Morgan fingerprint density at radius 2 is 2.09 bits per heavy atom. The van der Waals surface area contributed by atoms with Gasteiger partial charge in [0.05, 0.1) is 16.5 Å². The molecule has 6 heteroatoms. The number of benzene rings is 1. The molecule has 0 unspecified atom stereocenters. The van der Waals surface area contributed by atoms with E-state index >= 15 is 0 Å². The molecule has 2 bridgehead atoms. The third kappa shape index (κ3) is 1.47. The topological polar surface area (TPSA) is 39.8 Å². The second kappa shape index (κ2) is 3.82. The van der Waals surface area contributed by atoms with E-state index in [0.29, 0.717) is 0 Å². The third-order valence-corrected chi connectivity index (χ3v) is 5.86. The van der Waals surface area contributed by atoms with E-state index in [2.05, 4.69) is 5.10 Å². The smallest absolute Gasteiger partial charge is 0.271 e. The van der Waals surface area contributed by atoms with Crippen LogP contribution in [-0.2, 0) is 12.0 Å². The standard InChI is InChI=1S/C16H15ClFN3O/c17-15-7-16(8-15,9-15)21-14(22)20-12(4-5-13(20)19-21)10-2-1-3-11(18)6-10/h1-3,6,12H,4-5,7-9H2/t12-,15?,16?/m0/s1. The van der Waals surface area contributed by atoms with Crippen LogP contribution in [0.1, 0.15) is 43.1 Å². The number of nitrogens with zero attached hydrogens (tertiary/aromatic N) is 3. The predicted octanol–water partition coefficient (Wildman–Crippen LogP) is 2.59. The van der Waals surface area contributed by atoms with Gasteiger partial charge in [0.25, 0.3) is 0 Å². The average Bonchev–Trinajstić information content (AvgIpc) is 2.95. The zero-order valence-corrected chi connectivity index (χ0v) is 12.7. The highest BCUT2D eigenvalue weighted by atomic mass is 35.5. The van der Waals surface area contributed by atoms with Crippen molar-refractivity contribution >= 4 is 11.6 Å². The highest BCUT2D eigenvalue weighted by Gasteiger charge is 2.70. The maximum Gasteiger partial charge on any atom is 0.347 e. The lowest BCUT2D eigenvalue weighted by atomic mass is 9.49. The second-order valence-corrected chi connectivity index (χ2v) is 7.80. The summed E-state index contributed by atoms with van der Waals surface area (Å²) in [6.45, 7) is 0. The van der Waals surface area contributed by atoms with Gasteiger partial charge in [0, 0.05) is 6.42 Å². The summed E-state index contributed by atoms with van der Waals surface area (Å²) in [5.41, 5.74) is 0.620. The summed E-state index contributed by atoms with van der Waals surface area (Å²) in [4.78, 5) is 12.7. The molecular formula is C16H15ClFN3O. The van der Waals surface area contributed by atoms with Crippen molar-refractivity contribution in [2.45, 2.75) is 48.6 Å². The summed E-state index contributed by atoms with van der Waals surface area (Å²) in [5, 5.41) is 4.57. The first-order valence-electron chi connectivity index (χ1n) is 7.65. The Kier molecular flexibility index (Phi) is 2.24. The lowest BCUT2D eigenvalue weighted by Gasteiger charge is -2.66. The fourth-order valence-corrected chi connectivity index (χ4v) is 5.22. The van der Waals surface area contributed by atoms with Crippen LogP contribution in [0.2, 0.25) is 0 Å². The molecule has 0 radical (unpaired) electrons. The molecule has 3 saturated carbocycles. The van der Waals surface area contributed by atoms with E-state index < -0.39 is 0 Å². The maximum absolute atomic E-state index is 13.5. The molecule has 1 atom stereocenters. The molecule has 2 aromatic rings. The first kappa shape index (κ1) is 12.9. The lowest BCUT2D eigenvalue weighted by Crippen LogP contribution is -2.71. The summed E-state index contributed by atoms with van der Waals surface area (Å²) in [5.74, 6) is 0.544. The van der Waals surface area contributed by atoms with Gasteiger partial charge in [-0.1, -0.05) is 12.1 Å². The Hall–Kier alpha value is -1.62. The predicted molar refractivity (Wildman–Crippen MR) is 79.8 cm³/mol. The number of aromatic nitrogens is 3. The Labute approximate surface area is 131 Å². The summed E-state index contributed by atoms with van der Waals surface area (Å²) >= 11 is 6.31. The number of alkyl halides is 1. The van der Waals surface area contributed by atoms with Gasteiger partial charge in [-0.25, -0.2) is 13.9 Å². The van der Waals surface area contributed by atoms with Crippen molar-refractivity contribution in [1.29, 1.82) is 0 Å². The minimum absolute atomic E-state index is 0.0693. The maximum atomic E-state index is 13.5. The molecule has 4 nitrogen and oxygen atoms in total. The first-order chi connectivity index (χ1) is 10.5. The van der Waals surface area contributed by atoms with Crippen LogP contribution in [0.3, 0.4) is 0 Å². The highest BCUT2D eigenvalue weighted by molar-refractivity contribution is 6.26. The van der Waals surface area contributed by atoms with Crippen molar-refractivity contribution < 1.29 is 4.39 Å². The van der Waals surface area contributed by atoms with Gasteiger partial charge in [-0.05, 0) is 43.4 Å². The normalized spacial score (nSPS) is 34.9. The van der Waals surface area contributed by atoms with Gasteiger partial charge < -0.3 is 0 Å². The molecular weight excluding hydrogens is 305 g/mol. The van der Waals surface area contributed by atoms with Gasteiger partial charge in [0.2, 0.25) is 0 Å². The molecule has 2 heterocycles. The van der Waals surface area contributed by atoms with Gasteiger partial charge in [-0.2, -0.15) is 5.10 Å². The Morgan fingerprint density at radius 1 is 1.32 bits per heavy atom. The van der Waals surface area contributed by atoms with Crippen molar-refractivity contribution in [3.8, 4) is 0 Å². The monoisotopic (exact) mass is 319 g/mol. The summed E-state index contributed by atoms with van der Waals surface area (Å²) in [6, 6.07) is 6.40. The van der Waals surface area contributed by atoms with Gasteiger partial charge in [0.15, 0.2) is 0 Å². The van der Waals surface area contributed by atoms with Crippen LogP contribution in [0.5, 0.6) is 0 Å². The van der Waals surface area contributed by atoms with E-state index in [1.165, 1.54) is 12.1 Å². The number of rotatable bonds is 2. The van der Waals surface area contributed by atoms with E-state index in [1.54, 1.807) is 15.3 Å². The molecule has 0 spiro atoms. The fraction of sp³-hybridized carbons (Fsp3) is 0.500. The minimum Gasteiger partial charge on any atom is -0.271 e. The Balaban J connectivity index is 1.58. The SMILES string of the molecule is O=c1n(C23CC(Cl)(C2)C3)nc2n1[C@H](c1cccc(F)c1)CC2. The van der Waals surface area contributed by atoms with Crippen LogP contribution < -0.4 is 5.69 Å². The van der Waals surface area contributed by atoms with Gasteiger partial charge >= 0.3 is 5.69 Å². The summed E-state index contributed by atoms with van der Waals surface area (Å²) in [7, 11) is 0.